The van der Waals surface area contributed by atoms with Crippen molar-refractivity contribution in [2.75, 3.05) is 13.2 Å². The fourth-order valence-corrected chi connectivity index (χ4v) is 2.88. The Labute approximate surface area is 175 Å². The first-order valence-electron chi connectivity index (χ1n) is 9.61. The first-order chi connectivity index (χ1) is 13.9. The minimum absolute atomic E-state index is 0.160. The van der Waals surface area contributed by atoms with E-state index in [1.807, 2.05) is 6.92 Å². The number of hydrogen-bond acceptors (Lipinski definition) is 3. The third-order valence-corrected chi connectivity index (χ3v) is 4.76. The number of ether oxygens (including phenoxy) is 1. The largest absolute Gasteiger partial charge is 0.482 e. The van der Waals surface area contributed by atoms with Crippen LogP contribution in [0.5, 0.6) is 5.75 Å². The molecule has 0 saturated carbocycles. The average molecular weight is 421 g/mol. The summed E-state index contributed by atoms with van der Waals surface area (Å²) < 4.78 is 18.8. The van der Waals surface area contributed by atoms with Gasteiger partial charge in [-0.25, -0.2) is 4.39 Å². The van der Waals surface area contributed by atoms with Gasteiger partial charge in [-0.3, -0.25) is 9.59 Å². The SMILES string of the molecule is CCCCNC(=O)[C@@H](C)N(Cc1ccc(F)cc1)C(=O)COc1ccccc1Cl. The molecule has 2 rings (SSSR count). The Balaban J connectivity index is 2.11. The van der Waals surface area contributed by atoms with Crippen LogP contribution in [0.1, 0.15) is 32.3 Å². The Morgan fingerprint density at radius 2 is 1.86 bits per heavy atom. The van der Waals surface area contributed by atoms with E-state index in [9.17, 15) is 14.0 Å². The summed E-state index contributed by atoms with van der Waals surface area (Å²) in [6.45, 7) is 4.14. The van der Waals surface area contributed by atoms with Crippen LogP contribution in [0, 0.1) is 5.82 Å². The van der Waals surface area contributed by atoms with E-state index in [2.05, 4.69) is 5.32 Å². The van der Waals surface area contributed by atoms with Crippen molar-refractivity contribution in [1.82, 2.24) is 10.2 Å². The van der Waals surface area contributed by atoms with Crippen LogP contribution in [0.4, 0.5) is 4.39 Å². The van der Waals surface area contributed by atoms with Crippen molar-refractivity contribution >= 4 is 23.4 Å². The summed E-state index contributed by atoms with van der Waals surface area (Å²) in [4.78, 5) is 26.8. The number of carbonyl (C=O) groups is 2. The molecule has 5 nitrogen and oxygen atoms in total. The van der Waals surface area contributed by atoms with Gasteiger partial charge in [0.2, 0.25) is 5.91 Å². The third kappa shape index (κ3) is 7.06. The highest BCUT2D eigenvalue weighted by Gasteiger charge is 2.26. The van der Waals surface area contributed by atoms with Gasteiger partial charge < -0.3 is 15.0 Å². The Kier molecular flexibility index (Phi) is 8.93. The van der Waals surface area contributed by atoms with E-state index in [4.69, 9.17) is 16.3 Å². The molecule has 7 heteroatoms. The van der Waals surface area contributed by atoms with Gasteiger partial charge in [0.15, 0.2) is 6.61 Å². The van der Waals surface area contributed by atoms with Crippen molar-refractivity contribution in [2.24, 2.45) is 0 Å². The molecule has 1 N–H and O–H groups in total. The fraction of sp³-hybridized carbons (Fsp3) is 0.364. The van der Waals surface area contributed by atoms with Gasteiger partial charge in [-0.2, -0.15) is 0 Å². The van der Waals surface area contributed by atoms with Gasteiger partial charge in [0.1, 0.15) is 17.6 Å². The smallest absolute Gasteiger partial charge is 0.261 e. The van der Waals surface area contributed by atoms with Gasteiger partial charge in [-0.15, -0.1) is 0 Å². The molecule has 0 radical (unpaired) electrons. The van der Waals surface area contributed by atoms with Gasteiger partial charge in [0.05, 0.1) is 5.02 Å². The Hall–Kier alpha value is -2.60. The number of unbranched alkanes of at least 4 members (excludes halogenated alkanes) is 1. The van der Waals surface area contributed by atoms with Crippen molar-refractivity contribution in [2.45, 2.75) is 39.3 Å². The molecule has 0 bridgehead atoms. The van der Waals surface area contributed by atoms with E-state index in [1.165, 1.54) is 17.0 Å². The summed E-state index contributed by atoms with van der Waals surface area (Å²) in [5, 5.41) is 3.24. The van der Waals surface area contributed by atoms with E-state index in [0.29, 0.717) is 22.9 Å². The van der Waals surface area contributed by atoms with Gasteiger partial charge in [-0.1, -0.05) is 49.2 Å². The second-order valence-corrected chi connectivity index (χ2v) is 7.09. The molecule has 156 valence electrons. The summed E-state index contributed by atoms with van der Waals surface area (Å²) in [7, 11) is 0. The summed E-state index contributed by atoms with van der Waals surface area (Å²) in [5.74, 6) is -0.581. The lowest BCUT2D eigenvalue weighted by molar-refractivity contribution is -0.142. The van der Waals surface area contributed by atoms with Crippen molar-refractivity contribution in [1.29, 1.82) is 0 Å². The van der Waals surface area contributed by atoms with Crippen molar-refractivity contribution in [3.05, 3.63) is 64.9 Å². The number of halogens is 2. The molecule has 0 aromatic heterocycles. The molecule has 29 heavy (non-hydrogen) atoms. The van der Waals surface area contributed by atoms with Crippen LogP contribution < -0.4 is 10.1 Å². The molecule has 0 saturated heterocycles. The molecule has 0 fully saturated rings. The van der Waals surface area contributed by atoms with E-state index in [-0.39, 0.29) is 30.8 Å². The molecule has 0 unspecified atom stereocenters. The molecule has 2 aromatic carbocycles. The normalized spacial score (nSPS) is 11.6. The summed E-state index contributed by atoms with van der Waals surface area (Å²) in [5.41, 5.74) is 0.714. The van der Waals surface area contributed by atoms with Crippen LogP contribution >= 0.6 is 11.6 Å². The average Bonchev–Trinajstić information content (AvgIpc) is 2.72. The Morgan fingerprint density at radius 1 is 1.17 bits per heavy atom. The molecule has 1 atom stereocenters. The Bertz CT molecular complexity index is 814. The number of carbonyl (C=O) groups excluding carboxylic acids is 2. The highest BCUT2D eigenvalue weighted by Crippen LogP contribution is 2.23. The second-order valence-electron chi connectivity index (χ2n) is 6.69. The standard InChI is InChI=1S/C22H26ClFN2O3/c1-3-4-13-25-22(28)16(2)26(14-17-9-11-18(24)12-10-17)21(27)15-29-20-8-6-5-7-19(20)23/h5-12,16H,3-4,13-15H2,1-2H3,(H,25,28)/t16-/m1/s1. The topological polar surface area (TPSA) is 58.6 Å². The number of hydrogen-bond donors (Lipinski definition) is 1. The molecule has 2 aromatic rings. The third-order valence-electron chi connectivity index (χ3n) is 4.45. The van der Waals surface area contributed by atoms with E-state index in [1.54, 1.807) is 43.3 Å². The summed E-state index contributed by atoms with van der Waals surface area (Å²) >= 11 is 6.07. The van der Waals surface area contributed by atoms with Crippen LogP contribution in [-0.2, 0) is 16.1 Å². The minimum atomic E-state index is -0.709. The number of benzene rings is 2. The van der Waals surface area contributed by atoms with Crippen LogP contribution in [0.3, 0.4) is 0 Å². The van der Waals surface area contributed by atoms with Crippen LogP contribution in [0.25, 0.3) is 0 Å². The predicted octanol–water partition coefficient (Wildman–Crippen LogP) is 4.19. The van der Waals surface area contributed by atoms with Gasteiger partial charge in [0, 0.05) is 13.1 Å². The zero-order valence-electron chi connectivity index (χ0n) is 16.7. The second kappa shape index (κ2) is 11.4. The quantitative estimate of drug-likeness (QED) is 0.586. The Morgan fingerprint density at radius 3 is 2.52 bits per heavy atom. The zero-order valence-corrected chi connectivity index (χ0v) is 17.4. The maximum Gasteiger partial charge on any atom is 0.261 e. The highest BCUT2D eigenvalue weighted by atomic mass is 35.5. The zero-order chi connectivity index (χ0) is 21.2. The number of rotatable bonds is 10. The van der Waals surface area contributed by atoms with Crippen molar-refractivity contribution < 1.29 is 18.7 Å². The van der Waals surface area contributed by atoms with Crippen molar-refractivity contribution in [3.8, 4) is 5.75 Å². The van der Waals surface area contributed by atoms with Gasteiger partial charge in [-0.05, 0) is 43.2 Å². The first-order valence-corrected chi connectivity index (χ1v) is 9.99. The molecule has 0 aliphatic rings. The number of nitrogens with one attached hydrogen (secondary N) is 1. The van der Waals surface area contributed by atoms with Gasteiger partial charge >= 0.3 is 0 Å². The fourth-order valence-electron chi connectivity index (χ4n) is 2.69. The summed E-state index contributed by atoms with van der Waals surface area (Å²) in [6.07, 6.45) is 1.82. The number of para-hydroxylation sites is 1. The molecule has 0 aliphatic heterocycles. The number of amides is 2. The highest BCUT2D eigenvalue weighted by molar-refractivity contribution is 6.32. The molecule has 0 heterocycles. The lowest BCUT2D eigenvalue weighted by atomic mass is 10.1. The summed E-state index contributed by atoms with van der Waals surface area (Å²) in [6, 6.07) is 12.0. The minimum Gasteiger partial charge on any atom is -0.482 e. The van der Waals surface area contributed by atoms with Crippen LogP contribution in [0.2, 0.25) is 5.02 Å². The van der Waals surface area contributed by atoms with E-state index >= 15 is 0 Å². The molecule has 0 spiro atoms. The number of nitrogens with zero attached hydrogens (tertiary/aromatic N) is 1. The maximum atomic E-state index is 13.2. The van der Waals surface area contributed by atoms with Crippen molar-refractivity contribution in [3.63, 3.8) is 0 Å². The molecular weight excluding hydrogens is 395 g/mol. The predicted molar refractivity (Wildman–Crippen MR) is 111 cm³/mol. The van der Waals surface area contributed by atoms with Crippen LogP contribution in [0.15, 0.2) is 48.5 Å². The monoisotopic (exact) mass is 420 g/mol. The lowest BCUT2D eigenvalue weighted by Crippen LogP contribution is -2.49. The first kappa shape index (κ1) is 22.7. The maximum absolute atomic E-state index is 13.2. The van der Waals surface area contributed by atoms with E-state index in [0.717, 1.165) is 12.8 Å². The molecule has 0 aliphatic carbocycles. The molecule has 2 amide bonds. The molecular formula is C22H26ClFN2O3. The van der Waals surface area contributed by atoms with E-state index < -0.39 is 6.04 Å². The lowest BCUT2D eigenvalue weighted by Gasteiger charge is -2.28. The van der Waals surface area contributed by atoms with Crippen LogP contribution in [-0.4, -0.2) is 35.9 Å². The van der Waals surface area contributed by atoms with Gasteiger partial charge in [0.25, 0.3) is 5.91 Å².